The van der Waals surface area contributed by atoms with Crippen LogP contribution in [0, 0.1) is 6.92 Å². The predicted octanol–water partition coefficient (Wildman–Crippen LogP) is 10.5. The number of rotatable bonds is 9. The van der Waals surface area contributed by atoms with Gasteiger partial charge in [-0.2, -0.15) is 13.2 Å². The van der Waals surface area contributed by atoms with E-state index in [9.17, 15) is 13.2 Å². The van der Waals surface area contributed by atoms with Gasteiger partial charge in [0.25, 0.3) is 0 Å². The summed E-state index contributed by atoms with van der Waals surface area (Å²) in [6.45, 7) is 13.3. The van der Waals surface area contributed by atoms with Gasteiger partial charge in [0.15, 0.2) is 0 Å². The number of hydrogen-bond donors (Lipinski definition) is 1. The molecule has 0 aliphatic heterocycles. The van der Waals surface area contributed by atoms with Crippen LogP contribution in [0.2, 0.25) is 5.02 Å². The SMILES string of the molecule is C=C(/C=C\N=C(C)CCC)C(F)(F)F.CCCCc1c(C(C)c2ccc(C)cc2)[nH]c2ccc(Cl)cc12. The average molecular weight is 531 g/mol. The third kappa shape index (κ3) is 9.23. The Morgan fingerprint density at radius 1 is 1.11 bits per heavy atom. The fourth-order valence-electron chi connectivity index (χ4n) is 4.03. The molecule has 0 saturated carbocycles. The summed E-state index contributed by atoms with van der Waals surface area (Å²) in [6.07, 6.45) is 2.89. The third-order valence-electron chi connectivity index (χ3n) is 6.24. The molecule has 1 N–H and O–H groups in total. The Labute approximate surface area is 224 Å². The number of benzene rings is 2. The van der Waals surface area contributed by atoms with Crippen LogP contribution in [0.1, 0.15) is 81.7 Å². The lowest BCUT2D eigenvalue weighted by Crippen LogP contribution is -2.08. The van der Waals surface area contributed by atoms with Gasteiger partial charge in [-0.1, -0.05) is 81.6 Å². The van der Waals surface area contributed by atoms with Crippen molar-refractivity contribution >= 4 is 28.2 Å². The van der Waals surface area contributed by atoms with Crippen LogP contribution < -0.4 is 0 Å². The zero-order valence-corrected chi connectivity index (χ0v) is 23.2. The number of aliphatic imine (C=N–C) groups is 1. The minimum absolute atomic E-state index is 0.355. The lowest BCUT2D eigenvalue weighted by atomic mass is 9.92. The molecule has 0 saturated heterocycles. The van der Waals surface area contributed by atoms with Crippen LogP contribution in [0.3, 0.4) is 0 Å². The summed E-state index contributed by atoms with van der Waals surface area (Å²) in [6, 6.07) is 15.0. The van der Waals surface area contributed by atoms with E-state index in [0.29, 0.717) is 5.92 Å². The minimum atomic E-state index is -4.36. The molecule has 6 heteroatoms. The fraction of sp³-hybridized carbons (Fsp3) is 0.387. The smallest absolute Gasteiger partial charge is 0.358 e. The standard InChI is InChI=1S/C21H24ClN.C10H14F3N/c1-4-5-6-18-19-13-17(22)11-12-20(19)23-21(18)15(3)16-9-7-14(2)8-10-16;1-4-5-9(3)14-7-6-8(2)10(11,12)13/h7-13,15,23H,4-6H2,1-3H3;6-7H,2,4-5H2,1,3H3/b;7-6-,14-9?. The van der Waals surface area contributed by atoms with Gasteiger partial charge >= 0.3 is 6.18 Å². The second kappa shape index (κ2) is 14.2. The van der Waals surface area contributed by atoms with Crippen molar-refractivity contribution in [2.45, 2.75) is 78.8 Å². The minimum Gasteiger partial charge on any atom is -0.358 e. The first-order valence-electron chi connectivity index (χ1n) is 12.8. The van der Waals surface area contributed by atoms with Crippen LogP contribution in [0.25, 0.3) is 10.9 Å². The topological polar surface area (TPSA) is 28.1 Å². The second-order valence-electron chi connectivity index (χ2n) is 9.40. The molecule has 0 spiro atoms. The van der Waals surface area contributed by atoms with Crippen molar-refractivity contribution in [3.05, 3.63) is 94.3 Å². The Morgan fingerprint density at radius 2 is 1.78 bits per heavy atom. The van der Waals surface area contributed by atoms with E-state index in [1.165, 1.54) is 46.1 Å². The molecule has 0 aliphatic carbocycles. The molecular weight excluding hydrogens is 493 g/mol. The van der Waals surface area contributed by atoms with E-state index >= 15 is 0 Å². The number of nitrogens with zero attached hydrogens (tertiary/aromatic N) is 1. The van der Waals surface area contributed by atoms with Crippen LogP contribution in [-0.4, -0.2) is 16.9 Å². The van der Waals surface area contributed by atoms with Gasteiger partial charge in [-0.25, -0.2) is 0 Å². The molecule has 0 aliphatic rings. The first-order chi connectivity index (χ1) is 17.5. The van der Waals surface area contributed by atoms with E-state index in [1.54, 1.807) is 6.92 Å². The number of alkyl halides is 3. The molecule has 2 aromatic carbocycles. The maximum atomic E-state index is 11.9. The molecule has 1 heterocycles. The first-order valence-corrected chi connectivity index (χ1v) is 13.2. The molecule has 1 aromatic heterocycles. The normalized spacial score (nSPS) is 13.1. The second-order valence-corrected chi connectivity index (χ2v) is 9.83. The van der Waals surface area contributed by atoms with Crippen molar-refractivity contribution < 1.29 is 13.2 Å². The number of fused-ring (bicyclic) bond motifs is 1. The van der Waals surface area contributed by atoms with Gasteiger partial charge in [0.2, 0.25) is 0 Å². The van der Waals surface area contributed by atoms with Gasteiger partial charge < -0.3 is 4.98 Å². The Balaban J connectivity index is 0.000000298. The van der Waals surface area contributed by atoms with E-state index < -0.39 is 11.7 Å². The van der Waals surface area contributed by atoms with Gasteiger partial charge in [0, 0.05) is 45.0 Å². The number of unbranched alkanes of at least 4 members (excludes halogenated alkanes) is 1. The van der Waals surface area contributed by atoms with Crippen molar-refractivity contribution in [1.29, 1.82) is 0 Å². The molecule has 37 heavy (non-hydrogen) atoms. The van der Waals surface area contributed by atoms with Crippen molar-refractivity contribution in [3.8, 4) is 0 Å². The summed E-state index contributed by atoms with van der Waals surface area (Å²) >= 11 is 6.23. The number of aromatic nitrogens is 1. The van der Waals surface area contributed by atoms with E-state index in [1.807, 2.05) is 13.0 Å². The maximum Gasteiger partial charge on any atom is 0.415 e. The largest absolute Gasteiger partial charge is 0.415 e. The number of allylic oxidation sites excluding steroid dienone is 2. The number of hydrogen-bond acceptors (Lipinski definition) is 1. The van der Waals surface area contributed by atoms with E-state index in [0.717, 1.165) is 42.3 Å². The molecule has 1 unspecified atom stereocenters. The van der Waals surface area contributed by atoms with E-state index in [2.05, 4.69) is 73.7 Å². The molecule has 0 radical (unpaired) electrons. The number of H-pyrrole nitrogens is 1. The number of aromatic amines is 1. The summed E-state index contributed by atoms with van der Waals surface area (Å²) in [5, 5.41) is 2.09. The highest BCUT2D eigenvalue weighted by molar-refractivity contribution is 6.31. The molecule has 200 valence electrons. The Morgan fingerprint density at radius 3 is 2.38 bits per heavy atom. The van der Waals surface area contributed by atoms with E-state index in [-0.39, 0.29) is 0 Å². The predicted molar refractivity (Wildman–Crippen MR) is 153 cm³/mol. The summed E-state index contributed by atoms with van der Waals surface area (Å²) in [4.78, 5) is 7.50. The molecule has 0 fully saturated rings. The van der Waals surface area contributed by atoms with Crippen molar-refractivity contribution in [3.63, 3.8) is 0 Å². The Bertz CT molecular complexity index is 1220. The van der Waals surface area contributed by atoms with Gasteiger partial charge in [-0.15, -0.1) is 0 Å². The van der Waals surface area contributed by atoms with Gasteiger partial charge in [0.05, 0.1) is 0 Å². The van der Waals surface area contributed by atoms with Gasteiger partial charge in [-0.05, 0) is 68.5 Å². The van der Waals surface area contributed by atoms with Crippen LogP contribution >= 0.6 is 11.6 Å². The molecular formula is C31H38ClF3N2. The summed E-state index contributed by atoms with van der Waals surface area (Å²) in [7, 11) is 0. The molecule has 0 amide bonds. The molecule has 2 nitrogen and oxygen atoms in total. The van der Waals surface area contributed by atoms with Gasteiger partial charge in [0.1, 0.15) is 0 Å². The third-order valence-corrected chi connectivity index (χ3v) is 6.47. The average Bonchev–Trinajstić information content (AvgIpc) is 3.20. The monoisotopic (exact) mass is 530 g/mol. The zero-order valence-electron chi connectivity index (χ0n) is 22.5. The summed E-state index contributed by atoms with van der Waals surface area (Å²) in [5.41, 5.74) is 6.54. The Kier molecular flexibility index (Phi) is 11.7. The van der Waals surface area contributed by atoms with Crippen molar-refractivity contribution in [2.75, 3.05) is 0 Å². The lowest BCUT2D eigenvalue weighted by molar-refractivity contribution is -0.0878. The Hall–Kier alpha value is -2.79. The van der Waals surface area contributed by atoms with Crippen molar-refractivity contribution in [2.24, 2.45) is 4.99 Å². The molecule has 3 rings (SSSR count). The molecule has 3 aromatic rings. The fourth-order valence-corrected chi connectivity index (χ4v) is 4.20. The van der Waals surface area contributed by atoms with Crippen LogP contribution in [-0.2, 0) is 6.42 Å². The molecule has 0 bridgehead atoms. The van der Waals surface area contributed by atoms with Crippen LogP contribution in [0.4, 0.5) is 13.2 Å². The number of nitrogens with one attached hydrogen (secondary N) is 1. The first kappa shape index (κ1) is 30.4. The highest BCUT2D eigenvalue weighted by Gasteiger charge is 2.29. The summed E-state index contributed by atoms with van der Waals surface area (Å²) in [5.74, 6) is 0.355. The highest BCUT2D eigenvalue weighted by Crippen LogP contribution is 2.34. The van der Waals surface area contributed by atoms with E-state index in [4.69, 9.17) is 11.6 Å². The summed E-state index contributed by atoms with van der Waals surface area (Å²) < 4.78 is 35.8. The quantitative estimate of drug-likeness (QED) is 0.210. The number of aryl methyl sites for hydroxylation is 2. The maximum absolute atomic E-state index is 11.9. The zero-order chi connectivity index (χ0) is 27.6. The van der Waals surface area contributed by atoms with Crippen LogP contribution in [0.15, 0.2) is 71.9 Å². The van der Waals surface area contributed by atoms with Crippen LogP contribution in [0.5, 0.6) is 0 Å². The highest BCUT2D eigenvalue weighted by atomic mass is 35.5. The molecule has 1 atom stereocenters. The van der Waals surface area contributed by atoms with Crippen molar-refractivity contribution in [1.82, 2.24) is 4.98 Å². The van der Waals surface area contributed by atoms with Gasteiger partial charge in [-0.3, -0.25) is 4.99 Å². The lowest BCUT2D eigenvalue weighted by Gasteiger charge is -2.14. The number of halogens is 4.